The molecular formula is C12H20BrN5. The van der Waals surface area contributed by atoms with Gasteiger partial charge in [0.2, 0.25) is 0 Å². The number of piperazine rings is 1. The maximum Gasteiger partial charge on any atom is 0.148 e. The minimum absolute atomic E-state index is 0.559. The van der Waals surface area contributed by atoms with Crippen LogP contribution < -0.4 is 10.2 Å². The number of aromatic nitrogens is 2. The van der Waals surface area contributed by atoms with Gasteiger partial charge in [-0.05, 0) is 29.4 Å². The summed E-state index contributed by atoms with van der Waals surface area (Å²) in [6.45, 7) is 8.70. The highest BCUT2D eigenvalue weighted by Crippen LogP contribution is 2.30. The zero-order chi connectivity index (χ0) is 13.1. The molecule has 1 N–H and O–H groups in total. The average molecular weight is 314 g/mol. The van der Waals surface area contributed by atoms with Crippen molar-refractivity contribution < 1.29 is 0 Å². The number of rotatable bonds is 3. The highest BCUT2D eigenvalue weighted by molar-refractivity contribution is 9.10. The van der Waals surface area contributed by atoms with Crippen molar-refractivity contribution in [3.05, 3.63) is 10.8 Å². The summed E-state index contributed by atoms with van der Waals surface area (Å²) in [5.41, 5.74) is 0. The van der Waals surface area contributed by atoms with E-state index in [1.165, 1.54) is 0 Å². The summed E-state index contributed by atoms with van der Waals surface area (Å²) in [5.74, 6) is 1.82. The van der Waals surface area contributed by atoms with E-state index in [4.69, 9.17) is 0 Å². The van der Waals surface area contributed by atoms with Crippen molar-refractivity contribution in [1.82, 2.24) is 14.9 Å². The number of nitrogens with zero attached hydrogens (tertiary/aromatic N) is 4. The van der Waals surface area contributed by atoms with Crippen molar-refractivity contribution in [1.29, 1.82) is 0 Å². The molecule has 100 valence electrons. The highest BCUT2D eigenvalue weighted by Gasteiger charge is 2.25. The Morgan fingerprint density at radius 2 is 2.22 bits per heavy atom. The van der Waals surface area contributed by atoms with Crippen LogP contribution in [0.3, 0.4) is 0 Å². The number of halogens is 1. The molecule has 0 saturated carbocycles. The van der Waals surface area contributed by atoms with Crippen LogP contribution in [-0.4, -0.2) is 54.1 Å². The van der Waals surface area contributed by atoms with E-state index < -0.39 is 0 Å². The lowest BCUT2D eigenvalue weighted by Gasteiger charge is -2.40. The molecule has 6 heteroatoms. The van der Waals surface area contributed by atoms with Crippen LogP contribution in [-0.2, 0) is 0 Å². The van der Waals surface area contributed by atoms with Crippen LogP contribution in [0.1, 0.15) is 13.8 Å². The lowest BCUT2D eigenvalue weighted by molar-refractivity contribution is 0.199. The lowest BCUT2D eigenvalue weighted by atomic mass is 10.2. The third-order valence-corrected chi connectivity index (χ3v) is 4.21. The third-order valence-electron chi connectivity index (χ3n) is 3.48. The summed E-state index contributed by atoms with van der Waals surface area (Å²) in [5, 5.41) is 3.07. The van der Waals surface area contributed by atoms with Crippen LogP contribution in [0.15, 0.2) is 10.8 Å². The van der Waals surface area contributed by atoms with E-state index >= 15 is 0 Å². The topological polar surface area (TPSA) is 44.3 Å². The number of nitrogens with one attached hydrogen (secondary N) is 1. The second-order valence-corrected chi connectivity index (χ2v) is 5.33. The summed E-state index contributed by atoms with van der Waals surface area (Å²) in [6, 6.07) is 0.559. The molecule has 1 aromatic rings. The predicted molar refractivity (Wildman–Crippen MR) is 78.2 cm³/mol. The fourth-order valence-electron chi connectivity index (χ4n) is 2.41. The van der Waals surface area contributed by atoms with E-state index in [-0.39, 0.29) is 0 Å². The molecule has 5 nitrogen and oxygen atoms in total. The summed E-state index contributed by atoms with van der Waals surface area (Å²) in [7, 11) is 1.87. The van der Waals surface area contributed by atoms with Gasteiger partial charge >= 0.3 is 0 Å². The molecule has 2 heterocycles. The molecule has 1 unspecified atom stereocenters. The monoisotopic (exact) mass is 313 g/mol. The van der Waals surface area contributed by atoms with E-state index in [1.54, 1.807) is 6.33 Å². The first kappa shape index (κ1) is 13.5. The Balaban J connectivity index is 2.18. The van der Waals surface area contributed by atoms with Crippen LogP contribution in [0.25, 0.3) is 0 Å². The molecule has 0 amide bonds. The number of hydrogen-bond donors (Lipinski definition) is 1. The van der Waals surface area contributed by atoms with Gasteiger partial charge in [0.15, 0.2) is 0 Å². The van der Waals surface area contributed by atoms with Crippen LogP contribution >= 0.6 is 15.9 Å². The Bertz CT molecular complexity index is 411. The highest BCUT2D eigenvalue weighted by atomic mass is 79.9. The number of likely N-dealkylation sites (N-methyl/N-ethyl adjacent to an activating group) is 1. The fraction of sp³-hybridized carbons (Fsp3) is 0.667. The fourth-order valence-corrected chi connectivity index (χ4v) is 3.07. The van der Waals surface area contributed by atoms with Crippen molar-refractivity contribution in [3.63, 3.8) is 0 Å². The Hall–Kier alpha value is -0.880. The molecule has 1 atom stereocenters. The molecule has 0 radical (unpaired) electrons. The van der Waals surface area contributed by atoms with E-state index in [9.17, 15) is 0 Å². The summed E-state index contributed by atoms with van der Waals surface area (Å²) < 4.78 is 0.949. The first-order chi connectivity index (χ1) is 8.67. The van der Waals surface area contributed by atoms with Gasteiger partial charge in [0.1, 0.15) is 22.4 Å². The van der Waals surface area contributed by atoms with Gasteiger partial charge in [-0.25, -0.2) is 9.97 Å². The molecule has 1 saturated heterocycles. The standard InChI is InChI=1S/C12H20BrN5/c1-4-17-5-6-18(7-9(17)2)12-10(13)11(14-3)15-8-16-12/h8-9H,4-7H2,1-3H3,(H,14,15,16). The van der Waals surface area contributed by atoms with Crippen LogP contribution in [0, 0.1) is 0 Å². The van der Waals surface area contributed by atoms with Gasteiger partial charge in [-0.15, -0.1) is 0 Å². The molecule has 0 bridgehead atoms. The molecule has 0 aliphatic carbocycles. The maximum atomic E-state index is 4.41. The van der Waals surface area contributed by atoms with E-state index in [2.05, 4.69) is 54.9 Å². The molecule has 1 aromatic heterocycles. The van der Waals surface area contributed by atoms with Gasteiger partial charge in [-0.3, -0.25) is 4.90 Å². The van der Waals surface area contributed by atoms with E-state index in [0.29, 0.717) is 6.04 Å². The summed E-state index contributed by atoms with van der Waals surface area (Å²) in [4.78, 5) is 13.4. The normalized spacial score (nSPS) is 21.1. The third kappa shape index (κ3) is 2.59. The molecule has 1 fully saturated rings. The predicted octanol–water partition coefficient (Wildman–Crippen LogP) is 1.81. The van der Waals surface area contributed by atoms with Crippen LogP contribution in [0.5, 0.6) is 0 Å². The summed E-state index contributed by atoms with van der Waals surface area (Å²) >= 11 is 3.59. The Labute approximate surface area is 117 Å². The van der Waals surface area contributed by atoms with E-state index in [1.807, 2.05) is 7.05 Å². The molecule has 1 aliphatic heterocycles. The molecule has 2 rings (SSSR count). The first-order valence-corrected chi connectivity index (χ1v) is 7.14. The SMILES string of the molecule is CCN1CCN(c2ncnc(NC)c2Br)CC1C. The number of anilines is 2. The van der Waals surface area contributed by atoms with Crippen molar-refractivity contribution in [2.45, 2.75) is 19.9 Å². The van der Waals surface area contributed by atoms with Gasteiger partial charge in [0.05, 0.1) is 0 Å². The van der Waals surface area contributed by atoms with Crippen molar-refractivity contribution in [3.8, 4) is 0 Å². The first-order valence-electron chi connectivity index (χ1n) is 6.34. The molecular weight excluding hydrogens is 294 g/mol. The van der Waals surface area contributed by atoms with Gasteiger partial charge < -0.3 is 10.2 Å². The van der Waals surface area contributed by atoms with E-state index in [0.717, 1.165) is 42.3 Å². The smallest absolute Gasteiger partial charge is 0.148 e. The Kier molecular flexibility index (Phi) is 4.40. The van der Waals surface area contributed by atoms with Gasteiger partial charge in [-0.1, -0.05) is 6.92 Å². The molecule has 18 heavy (non-hydrogen) atoms. The van der Waals surface area contributed by atoms with Crippen molar-refractivity contribution in [2.75, 3.05) is 43.4 Å². The Morgan fingerprint density at radius 3 is 2.83 bits per heavy atom. The van der Waals surface area contributed by atoms with Gasteiger partial charge in [0, 0.05) is 32.7 Å². The molecule has 0 aromatic carbocycles. The maximum absolute atomic E-state index is 4.41. The lowest BCUT2D eigenvalue weighted by Crippen LogP contribution is -2.52. The zero-order valence-corrected chi connectivity index (χ0v) is 12.7. The Morgan fingerprint density at radius 1 is 1.44 bits per heavy atom. The largest absolute Gasteiger partial charge is 0.372 e. The van der Waals surface area contributed by atoms with Crippen molar-refractivity contribution >= 4 is 27.6 Å². The minimum Gasteiger partial charge on any atom is -0.372 e. The minimum atomic E-state index is 0.559. The average Bonchev–Trinajstić information content (AvgIpc) is 2.39. The van der Waals surface area contributed by atoms with Crippen LogP contribution in [0.2, 0.25) is 0 Å². The zero-order valence-electron chi connectivity index (χ0n) is 11.1. The van der Waals surface area contributed by atoms with Gasteiger partial charge in [-0.2, -0.15) is 0 Å². The molecule has 1 aliphatic rings. The van der Waals surface area contributed by atoms with Gasteiger partial charge in [0.25, 0.3) is 0 Å². The van der Waals surface area contributed by atoms with Crippen molar-refractivity contribution in [2.24, 2.45) is 0 Å². The second kappa shape index (κ2) is 5.84. The quantitative estimate of drug-likeness (QED) is 0.922. The number of hydrogen-bond acceptors (Lipinski definition) is 5. The summed E-state index contributed by atoms with van der Waals surface area (Å²) in [6.07, 6.45) is 1.61. The second-order valence-electron chi connectivity index (χ2n) is 4.53. The molecule has 0 spiro atoms. The van der Waals surface area contributed by atoms with Crippen LogP contribution in [0.4, 0.5) is 11.6 Å².